The van der Waals surface area contributed by atoms with Crippen LogP contribution in [-0.2, 0) is 20.0 Å². The van der Waals surface area contributed by atoms with Crippen molar-refractivity contribution in [3.05, 3.63) is 44.3 Å². The first kappa shape index (κ1) is 13.0. The molecule has 0 unspecified atom stereocenters. The van der Waals surface area contributed by atoms with Crippen LogP contribution in [0.3, 0.4) is 0 Å². The number of nitrogens with zero attached hydrogens (tertiary/aromatic N) is 4. The van der Waals surface area contributed by atoms with Crippen LogP contribution in [0.1, 0.15) is 23.9 Å². The molecule has 96 valence electrons. The summed E-state index contributed by atoms with van der Waals surface area (Å²) in [5, 5.41) is 4.41. The quantitative estimate of drug-likeness (QED) is 0.866. The first-order valence-corrected chi connectivity index (χ1v) is 6.55. The van der Waals surface area contributed by atoms with E-state index in [1.165, 1.54) is 0 Å². The number of halogens is 1. The minimum atomic E-state index is -0.244. The highest BCUT2D eigenvalue weighted by atomic mass is 79.9. The maximum Gasteiger partial charge on any atom is 0.347 e. The average Bonchev–Trinajstić information content (AvgIpc) is 2.61. The van der Waals surface area contributed by atoms with Gasteiger partial charge in [0.2, 0.25) is 0 Å². The third kappa shape index (κ3) is 2.38. The van der Waals surface area contributed by atoms with E-state index in [4.69, 9.17) is 0 Å². The molecule has 0 fully saturated rings. The van der Waals surface area contributed by atoms with Gasteiger partial charge >= 0.3 is 5.69 Å². The molecule has 0 radical (unpaired) electrons. The summed E-state index contributed by atoms with van der Waals surface area (Å²) in [5.74, 6) is 0. The molecule has 0 saturated carbocycles. The molecule has 0 spiro atoms. The fraction of sp³-hybridized carbons (Fsp3) is 0.417. The van der Waals surface area contributed by atoms with Crippen molar-refractivity contribution in [2.24, 2.45) is 7.05 Å². The van der Waals surface area contributed by atoms with Crippen molar-refractivity contribution in [3.63, 3.8) is 0 Å². The van der Waals surface area contributed by atoms with E-state index in [0.29, 0.717) is 6.54 Å². The largest absolute Gasteiger partial charge is 0.347 e. The fourth-order valence-electron chi connectivity index (χ4n) is 1.83. The summed E-state index contributed by atoms with van der Waals surface area (Å²) in [6, 6.07) is 0. The van der Waals surface area contributed by atoms with Crippen LogP contribution in [0.5, 0.6) is 0 Å². The van der Waals surface area contributed by atoms with Gasteiger partial charge in [-0.1, -0.05) is 6.92 Å². The Morgan fingerprint density at radius 2 is 2.17 bits per heavy atom. The normalized spacial score (nSPS) is 10.9. The molecule has 0 N–H and O–H groups in total. The molecule has 0 bridgehead atoms. The number of hydrogen-bond donors (Lipinski definition) is 0. The van der Waals surface area contributed by atoms with Crippen molar-refractivity contribution >= 4 is 15.9 Å². The van der Waals surface area contributed by atoms with Gasteiger partial charge in [-0.15, -0.1) is 0 Å². The van der Waals surface area contributed by atoms with Crippen molar-refractivity contribution in [1.82, 2.24) is 19.3 Å². The second kappa shape index (κ2) is 5.06. The second-order valence-corrected chi connectivity index (χ2v) is 5.02. The molecule has 18 heavy (non-hydrogen) atoms. The molecule has 2 aromatic heterocycles. The van der Waals surface area contributed by atoms with Crippen LogP contribution < -0.4 is 5.69 Å². The molecule has 0 aromatic carbocycles. The SMILES string of the molecule is CCc1nn(C)c(Cn2cc(C)cnc2=O)c1Br. The lowest BCUT2D eigenvalue weighted by Crippen LogP contribution is -2.24. The lowest BCUT2D eigenvalue weighted by Gasteiger charge is -2.06. The molecular formula is C12H15BrN4O. The molecule has 0 saturated heterocycles. The van der Waals surface area contributed by atoms with Gasteiger partial charge in [-0.05, 0) is 34.8 Å². The van der Waals surface area contributed by atoms with Crippen LogP contribution in [0.25, 0.3) is 0 Å². The minimum Gasteiger partial charge on any atom is -0.293 e. The molecule has 6 heteroatoms. The summed E-state index contributed by atoms with van der Waals surface area (Å²) < 4.78 is 4.37. The second-order valence-electron chi connectivity index (χ2n) is 4.23. The zero-order valence-electron chi connectivity index (χ0n) is 10.6. The average molecular weight is 311 g/mol. The maximum atomic E-state index is 11.7. The Labute approximate surface area is 114 Å². The van der Waals surface area contributed by atoms with E-state index in [0.717, 1.165) is 27.8 Å². The predicted molar refractivity (Wildman–Crippen MR) is 72.6 cm³/mol. The van der Waals surface area contributed by atoms with E-state index < -0.39 is 0 Å². The van der Waals surface area contributed by atoms with Gasteiger partial charge in [0.05, 0.1) is 22.4 Å². The van der Waals surface area contributed by atoms with E-state index in [9.17, 15) is 4.79 Å². The molecule has 0 aliphatic carbocycles. The highest BCUT2D eigenvalue weighted by molar-refractivity contribution is 9.10. The Balaban J connectivity index is 2.43. The molecule has 2 aromatic rings. The van der Waals surface area contributed by atoms with E-state index in [1.54, 1.807) is 21.6 Å². The fourth-order valence-corrected chi connectivity index (χ4v) is 2.57. The van der Waals surface area contributed by atoms with Crippen LogP contribution in [0, 0.1) is 6.92 Å². The Morgan fingerprint density at radius 3 is 2.78 bits per heavy atom. The van der Waals surface area contributed by atoms with Crippen molar-refractivity contribution in [2.75, 3.05) is 0 Å². The lowest BCUT2D eigenvalue weighted by molar-refractivity contribution is 0.635. The summed E-state index contributed by atoms with van der Waals surface area (Å²) in [6.07, 6.45) is 4.24. The minimum absolute atomic E-state index is 0.244. The van der Waals surface area contributed by atoms with Crippen LogP contribution in [0.15, 0.2) is 21.7 Å². The highest BCUT2D eigenvalue weighted by Crippen LogP contribution is 2.21. The Morgan fingerprint density at radius 1 is 1.44 bits per heavy atom. The van der Waals surface area contributed by atoms with Crippen molar-refractivity contribution < 1.29 is 0 Å². The van der Waals surface area contributed by atoms with Gasteiger partial charge < -0.3 is 0 Å². The van der Waals surface area contributed by atoms with Crippen LogP contribution >= 0.6 is 15.9 Å². The third-order valence-corrected chi connectivity index (χ3v) is 3.72. The molecule has 0 amide bonds. The number of rotatable bonds is 3. The summed E-state index contributed by atoms with van der Waals surface area (Å²) in [4.78, 5) is 15.5. The predicted octanol–water partition coefficient (Wildman–Crippen LogP) is 1.66. The van der Waals surface area contributed by atoms with Gasteiger partial charge in [-0.3, -0.25) is 9.25 Å². The number of aromatic nitrogens is 4. The van der Waals surface area contributed by atoms with Crippen molar-refractivity contribution in [1.29, 1.82) is 0 Å². The molecular weight excluding hydrogens is 296 g/mol. The van der Waals surface area contributed by atoms with Gasteiger partial charge in [0, 0.05) is 19.4 Å². The highest BCUT2D eigenvalue weighted by Gasteiger charge is 2.13. The summed E-state index contributed by atoms with van der Waals surface area (Å²) >= 11 is 3.54. The van der Waals surface area contributed by atoms with Crippen molar-refractivity contribution in [2.45, 2.75) is 26.8 Å². The first-order chi connectivity index (χ1) is 8.52. The van der Waals surface area contributed by atoms with Gasteiger partial charge in [0.15, 0.2) is 0 Å². The standard InChI is InChI=1S/C12H15BrN4O/c1-4-9-11(13)10(16(3)15-9)7-17-6-8(2)5-14-12(17)18/h5-6H,4,7H2,1-3H3. The summed E-state index contributed by atoms with van der Waals surface area (Å²) in [6.45, 7) is 4.44. The maximum absolute atomic E-state index is 11.7. The summed E-state index contributed by atoms with van der Waals surface area (Å²) in [5.41, 5.74) is 2.69. The number of aryl methyl sites for hydroxylation is 3. The monoisotopic (exact) mass is 310 g/mol. The van der Waals surface area contributed by atoms with E-state index >= 15 is 0 Å². The summed E-state index contributed by atoms with van der Waals surface area (Å²) in [7, 11) is 1.88. The van der Waals surface area contributed by atoms with Crippen molar-refractivity contribution in [3.8, 4) is 0 Å². The molecule has 2 heterocycles. The van der Waals surface area contributed by atoms with Gasteiger partial charge in [-0.2, -0.15) is 5.10 Å². The van der Waals surface area contributed by atoms with Crippen LogP contribution in [0.2, 0.25) is 0 Å². The molecule has 2 rings (SSSR count). The van der Waals surface area contributed by atoms with E-state index in [1.807, 2.05) is 14.0 Å². The van der Waals surface area contributed by atoms with Gasteiger partial charge in [0.1, 0.15) is 0 Å². The number of hydrogen-bond acceptors (Lipinski definition) is 3. The third-order valence-electron chi connectivity index (χ3n) is 2.81. The first-order valence-electron chi connectivity index (χ1n) is 5.76. The Hall–Kier alpha value is -1.43. The zero-order valence-corrected chi connectivity index (χ0v) is 12.2. The van der Waals surface area contributed by atoms with Gasteiger partial charge in [-0.25, -0.2) is 9.78 Å². The van der Waals surface area contributed by atoms with Crippen LogP contribution in [-0.4, -0.2) is 19.3 Å². The van der Waals surface area contributed by atoms with Gasteiger partial charge in [0.25, 0.3) is 0 Å². The van der Waals surface area contributed by atoms with E-state index in [2.05, 4.69) is 32.9 Å². The lowest BCUT2D eigenvalue weighted by atomic mass is 10.3. The molecule has 0 aliphatic heterocycles. The molecule has 0 atom stereocenters. The molecule has 5 nitrogen and oxygen atoms in total. The smallest absolute Gasteiger partial charge is 0.293 e. The van der Waals surface area contributed by atoms with E-state index in [-0.39, 0.29) is 5.69 Å². The van der Waals surface area contributed by atoms with Crippen LogP contribution in [0.4, 0.5) is 0 Å². The zero-order chi connectivity index (χ0) is 13.3. The topological polar surface area (TPSA) is 52.7 Å². The Kier molecular flexibility index (Phi) is 3.65. The molecule has 0 aliphatic rings. The Bertz CT molecular complexity index is 629.